The Morgan fingerprint density at radius 2 is 1.88 bits per heavy atom. The highest BCUT2D eigenvalue weighted by Crippen LogP contribution is 2.50. The first-order valence-electron chi connectivity index (χ1n) is 10.8. The van der Waals surface area contributed by atoms with Crippen molar-refractivity contribution in [2.24, 2.45) is 0 Å². The van der Waals surface area contributed by atoms with Gasteiger partial charge in [-0.15, -0.1) is 0 Å². The Balaban J connectivity index is 1.46. The fourth-order valence-corrected chi connectivity index (χ4v) is 5.65. The van der Waals surface area contributed by atoms with Crippen LogP contribution in [0, 0.1) is 15.9 Å². The van der Waals surface area contributed by atoms with Crippen molar-refractivity contribution in [1.82, 2.24) is 5.32 Å². The first kappa shape index (κ1) is 22.5. The van der Waals surface area contributed by atoms with Gasteiger partial charge in [-0.2, -0.15) is 0 Å². The number of carbonyl (C=O) groups excluding carboxylic acids is 1. The summed E-state index contributed by atoms with van der Waals surface area (Å²) in [4.78, 5) is 25.2. The molecule has 3 aromatic rings. The minimum Gasteiger partial charge on any atom is -0.488 e. The number of nitrogens with zero attached hydrogens (tertiary/aromatic N) is 1. The highest BCUT2D eigenvalue weighted by atomic mass is 79.9. The fraction of sp³-hybridized carbons (Fsp3) is 0.240. The normalized spacial score (nSPS) is 25.3. The van der Waals surface area contributed by atoms with E-state index in [2.05, 4.69) is 26.6 Å². The smallest absolute Gasteiger partial charge is 0.256 e. The number of carbonyl (C=O) groups is 1. The lowest BCUT2D eigenvalue weighted by Gasteiger charge is -2.25. The molecule has 0 bridgehead atoms. The molecule has 0 aliphatic carbocycles. The maximum Gasteiger partial charge on any atom is 0.256 e. The molecule has 7 nitrogen and oxygen atoms in total. The highest BCUT2D eigenvalue weighted by molar-refractivity contribution is 9.10. The van der Waals surface area contributed by atoms with Gasteiger partial charge in [0.05, 0.1) is 10.4 Å². The van der Waals surface area contributed by atoms with Crippen LogP contribution in [0.25, 0.3) is 0 Å². The Kier molecular flexibility index (Phi) is 5.61. The first-order valence-corrected chi connectivity index (χ1v) is 11.6. The molecule has 0 aromatic heterocycles. The molecule has 0 unspecified atom stereocenters. The summed E-state index contributed by atoms with van der Waals surface area (Å²) in [7, 11) is 0. The number of anilines is 1. The van der Waals surface area contributed by atoms with Crippen LogP contribution in [0.4, 0.5) is 10.1 Å². The fourth-order valence-electron chi connectivity index (χ4n) is 5.14. The molecule has 5 rings (SSSR count). The number of para-hydroxylation sites is 1. The Bertz CT molecular complexity index is 1290. The van der Waals surface area contributed by atoms with Crippen LogP contribution in [0.1, 0.15) is 29.5 Å². The van der Waals surface area contributed by atoms with E-state index in [0.29, 0.717) is 21.5 Å². The number of nitro groups is 1. The molecule has 9 heteroatoms. The van der Waals surface area contributed by atoms with E-state index in [1.54, 1.807) is 54.6 Å². The van der Waals surface area contributed by atoms with Gasteiger partial charge in [0.2, 0.25) is 0 Å². The average Bonchev–Trinajstić information content (AvgIpc) is 3.28. The van der Waals surface area contributed by atoms with E-state index in [-0.39, 0.29) is 23.4 Å². The Morgan fingerprint density at radius 1 is 1.15 bits per heavy atom. The third-order valence-corrected chi connectivity index (χ3v) is 7.23. The number of amides is 1. The SMILES string of the molecule is C[C@@H]1N[C@]2(C(=O)Nc3ccccc32)[C@@H]([N+](=O)[O-])[C@H]1c1ccc(OCc2ccc(F)cc2)c(Br)c1. The molecule has 0 radical (unpaired) electrons. The number of ether oxygens (including phenoxy) is 1. The number of hydrogen-bond acceptors (Lipinski definition) is 5. The molecule has 1 saturated heterocycles. The number of halogens is 2. The first-order chi connectivity index (χ1) is 16.3. The molecule has 1 fully saturated rings. The van der Waals surface area contributed by atoms with Crippen LogP contribution in [0.3, 0.4) is 0 Å². The monoisotopic (exact) mass is 525 g/mol. The molecular formula is C25H21BrFN3O4. The van der Waals surface area contributed by atoms with E-state index in [4.69, 9.17) is 4.74 Å². The molecule has 1 amide bonds. The maximum absolute atomic E-state index is 13.1. The summed E-state index contributed by atoms with van der Waals surface area (Å²) in [6.07, 6.45) is 0. The standard InChI is InChI=1S/C25H21BrFN3O4/c1-14-22(16-8-11-21(19(26)12-16)34-13-15-6-9-17(27)10-7-15)23(30(32)33)25(29-14)18-4-2-3-5-20(18)28-24(25)31/h2-12,14,22-23,29H,13H2,1H3,(H,28,31)/t14-,22+,23-,25-/m0/s1. The van der Waals surface area contributed by atoms with Crippen LogP contribution < -0.4 is 15.4 Å². The summed E-state index contributed by atoms with van der Waals surface area (Å²) in [5, 5.41) is 18.5. The van der Waals surface area contributed by atoms with E-state index in [1.807, 2.05) is 6.92 Å². The van der Waals surface area contributed by atoms with Gasteiger partial charge in [0.15, 0.2) is 5.54 Å². The van der Waals surface area contributed by atoms with Crippen LogP contribution >= 0.6 is 15.9 Å². The zero-order chi connectivity index (χ0) is 24.0. The molecule has 3 aromatic carbocycles. The molecule has 2 N–H and O–H groups in total. The Hall–Kier alpha value is -3.30. The predicted molar refractivity (Wildman–Crippen MR) is 128 cm³/mol. The van der Waals surface area contributed by atoms with Gasteiger partial charge in [-0.3, -0.25) is 20.2 Å². The zero-order valence-corrected chi connectivity index (χ0v) is 19.7. The van der Waals surface area contributed by atoms with Gasteiger partial charge < -0.3 is 10.1 Å². The molecule has 2 aliphatic rings. The van der Waals surface area contributed by atoms with Crippen LogP contribution in [-0.4, -0.2) is 22.9 Å². The lowest BCUT2D eigenvalue weighted by atomic mass is 9.78. The Labute approximate surface area is 203 Å². The van der Waals surface area contributed by atoms with Gasteiger partial charge in [-0.05, 0) is 64.3 Å². The van der Waals surface area contributed by atoms with Crippen LogP contribution in [-0.2, 0) is 16.9 Å². The van der Waals surface area contributed by atoms with Crippen LogP contribution in [0.15, 0.2) is 71.2 Å². The number of nitrogens with one attached hydrogen (secondary N) is 2. The summed E-state index contributed by atoms with van der Waals surface area (Å²) in [5.74, 6) is -0.731. The van der Waals surface area contributed by atoms with Crippen molar-refractivity contribution in [3.63, 3.8) is 0 Å². The summed E-state index contributed by atoms with van der Waals surface area (Å²) in [5.41, 5.74) is 1.26. The number of benzene rings is 3. The molecular weight excluding hydrogens is 505 g/mol. The quantitative estimate of drug-likeness (QED) is 0.370. The van der Waals surface area contributed by atoms with Gasteiger partial charge in [0.1, 0.15) is 18.2 Å². The summed E-state index contributed by atoms with van der Waals surface area (Å²) < 4.78 is 19.6. The maximum atomic E-state index is 13.1. The number of fused-ring (bicyclic) bond motifs is 2. The van der Waals surface area contributed by atoms with Crippen molar-refractivity contribution in [1.29, 1.82) is 0 Å². The third kappa shape index (κ3) is 3.56. The predicted octanol–water partition coefficient (Wildman–Crippen LogP) is 4.74. The minimum absolute atomic E-state index is 0.247. The van der Waals surface area contributed by atoms with E-state index in [9.17, 15) is 19.3 Å². The molecule has 1 spiro atoms. The lowest BCUT2D eigenvalue weighted by molar-refractivity contribution is -0.532. The van der Waals surface area contributed by atoms with E-state index in [0.717, 1.165) is 11.1 Å². The number of hydrogen-bond donors (Lipinski definition) is 2. The van der Waals surface area contributed by atoms with E-state index >= 15 is 0 Å². The number of rotatable bonds is 5. The van der Waals surface area contributed by atoms with Crippen molar-refractivity contribution in [2.75, 3.05) is 5.32 Å². The van der Waals surface area contributed by atoms with Crippen molar-refractivity contribution in [3.8, 4) is 5.75 Å². The summed E-state index contributed by atoms with van der Waals surface area (Å²) in [6, 6.07) is 16.9. The van der Waals surface area contributed by atoms with Gasteiger partial charge in [-0.1, -0.05) is 36.4 Å². The van der Waals surface area contributed by atoms with Gasteiger partial charge in [0.25, 0.3) is 11.9 Å². The van der Waals surface area contributed by atoms with Crippen molar-refractivity contribution in [2.45, 2.75) is 37.1 Å². The second-order valence-corrected chi connectivity index (χ2v) is 9.46. The molecule has 34 heavy (non-hydrogen) atoms. The molecule has 174 valence electrons. The van der Waals surface area contributed by atoms with Gasteiger partial charge in [0, 0.05) is 22.2 Å². The average molecular weight is 526 g/mol. The van der Waals surface area contributed by atoms with Crippen molar-refractivity contribution < 1.29 is 18.8 Å². The highest BCUT2D eigenvalue weighted by Gasteiger charge is 2.67. The second kappa shape index (κ2) is 8.48. The van der Waals surface area contributed by atoms with Gasteiger partial charge in [-0.25, -0.2) is 4.39 Å². The van der Waals surface area contributed by atoms with Crippen molar-refractivity contribution >= 4 is 27.5 Å². The zero-order valence-electron chi connectivity index (χ0n) is 18.1. The molecule has 0 saturated carbocycles. The topological polar surface area (TPSA) is 93.5 Å². The third-order valence-electron chi connectivity index (χ3n) is 6.61. The van der Waals surface area contributed by atoms with E-state index < -0.39 is 23.4 Å². The second-order valence-electron chi connectivity index (χ2n) is 8.60. The molecule has 2 heterocycles. The van der Waals surface area contributed by atoms with E-state index in [1.165, 1.54) is 12.1 Å². The molecule has 2 aliphatic heterocycles. The Morgan fingerprint density at radius 3 is 2.59 bits per heavy atom. The van der Waals surface area contributed by atoms with Crippen LogP contribution in [0.2, 0.25) is 0 Å². The van der Waals surface area contributed by atoms with Crippen molar-refractivity contribution in [3.05, 3.63) is 104 Å². The lowest BCUT2D eigenvalue weighted by Crippen LogP contribution is -2.54. The summed E-state index contributed by atoms with van der Waals surface area (Å²) >= 11 is 3.51. The largest absolute Gasteiger partial charge is 0.488 e. The minimum atomic E-state index is -1.45. The molecule has 4 atom stereocenters. The summed E-state index contributed by atoms with van der Waals surface area (Å²) in [6.45, 7) is 2.11. The van der Waals surface area contributed by atoms with Gasteiger partial charge >= 0.3 is 0 Å². The van der Waals surface area contributed by atoms with Crippen LogP contribution in [0.5, 0.6) is 5.75 Å².